The fourth-order valence-corrected chi connectivity index (χ4v) is 1.58. The number of nitrogens with one attached hydrogen (secondary N) is 2. The summed E-state index contributed by atoms with van der Waals surface area (Å²) >= 11 is 0. The molecule has 1 rings (SSSR count). The van der Waals surface area contributed by atoms with Crippen LogP contribution in [0.1, 0.15) is 38.2 Å². The van der Waals surface area contributed by atoms with Crippen LogP contribution in [0.5, 0.6) is 0 Å². The van der Waals surface area contributed by atoms with Crippen molar-refractivity contribution >= 4 is 17.6 Å². The van der Waals surface area contributed by atoms with Crippen LogP contribution in [0.15, 0.2) is 24.3 Å². The molecule has 0 fully saturated rings. The van der Waals surface area contributed by atoms with Crippen molar-refractivity contribution in [2.45, 2.75) is 32.6 Å². The second-order valence-corrected chi connectivity index (χ2v) is 4.31. The van der Waals surface area contributed by atoms with Crippen molar-refractivity contribution in [1.82, 2.24) is 0 Å². The van der Waals surface area contributed by atoms with Gasteiger partial charge in [0.05, 0.1) is 6.61 Å². The average molecular weight is 263 g/mol. The normalized spacial score (nSPS) is 9.95. The van der Waals surface area contributed by atoms with E-state index in [0.29, 0.717) is 17.9 Å². The van der Waals surface area contributed by atoms with Gasteiger partial charge in [-0.3, -0.25) is 10.7 Å². The summed E-state index contributed by atoms with van der Waals surface area (Å²) in [4.78, 5) is 11.5. The molecular formula is C14H21N3O2. The van der Waals surface area contributed by atoms with Gasteiger partial charge in [0.2, 0.25) is 0 Å². The Morgan fingerprint density at radius 1 is 1.26 bits per heavy atom. The molecule has 0 aliphatic rings. The lowest BCUT2D eigenvalue weighted by atomic mass is 10.2. The summed E-state index contributed by atoms with van der Waals surface area (Å²) in [6.45, 7) is 2.58. The summed E-state index contributed by atoms with van der Waals surface area (Å²) < 4.78 is 5.05. The number of benzene rings is 1. The van der Waals surface area contributed by atoms with Crippen molar-refractivity contribution in [3.8, 4) is 0 Å². The summed E-state index contributed by atoms with van der Waals surface area (Å²) in [6.07, 6.45) is 3.85. The fraction of sp³-hybridized carbons (Fsp3) is 0.429. The number of nitrogens with two attached hydrogens (primary N) is 1. The van der Waals surface area contributed by atoms with Crippen LogP contribution in [-0.2, 0) is 4.74 Å². The maximum atomic E-state index is 11.5. The zero-order chi connectivity index (χ0) is 14.1. The molecule has 0 radical (unpaired) electrons. The molecule has 0 aromatic heterocycles. The minimum Gasteiger partial charge on any atom is -0.449 e. The molecule has 19 heavy (non-hydrogen) atoms. The van der Waals surface area contributed by atoms with Crippen LogP contribution in [0, 0.1) is 5.41 Å². The van der Waals surface area contributed by atoms with E-state index in [-0.39, 0.29) is 5.84 Å². The molecule has 1 amide bonds. The smallest absolute Gasteiger partial charge is 0.411 e. The zero-order valence-corrected chi connectivity index (χ0v) is 11.2. The molecule has 1 aromatic carbocycles. The minimum absolute atomic E-state index is 0.00468. The lowest BCUT2D eigenvalue weighted by Crippen LogP contribution is -2.15. The predicted octanol–water partition coefficient (Wildman–Crippen LogP) is 3.10. The molecule has 104 valence electrons. The molecule has 4 N–H and O–H groups in total. The molecule has 0 aliphatic heterocycles. The van der Waals surface area contributed by atoms with Crippen LogP contribution in [0.3, 0.4) is 0 Å². The molecule has 0 atom stereocenters. The maximum absolute atomic E-state index is 11.5. The van der Waals surface area contributed by atoms with Gasteiger partial charge in [-0.2, -0.15) is 0 Å². The summed E-state index contributed by atoms with van der Waals surface area (Å²) in [5, 5.41) is 9.89. The molecule has 1 aromatic rings. The number of unbranched alkanes of at least 4 members (excludes halogenated alkanes) is 3. The van der Waals surface area contributed by atoms with Crippen molar-refractivity contribution in [3.63, 3.8) is 0 Å². The third-order valence-corrected chi connectivity index (χ3v) is 2.67. The first-order chi connectivity index (χ1) is 9.13. The quantitative estimate of drug-likeness (QED) is 0.401. The molecule has 0 saturated heterocycles. The fourth-order valence-electron chi connectivity index (χ4n) is 1.58. The number of carbonyl (C=O) groups excluding carboxylic acids is 1. The first-order valence-electron chi connectivity index (χ1n) is 6.51. The van der Waals surface area contributed by atoms with Gasteiger partial charge in [0.15, 0.2) is 0 Å². The van der Waals surface area contributed by atoms with Gasteiger partial charge in [-0.15, -0.1) is 0 Å². The van der Waals surface area contributed by atoms with Crippen molar-refractivity contribution in [2.24, 2.45) is 5.73 Å². The number of amides is 1. The highest BCUT2D eigenvalue weighted by atomic mass is 16.5. The number of carbonyl (C=O) groups is 1. The van der Waals surface area contributed by atoms with E-state index < -0.39 is 6.09 Å². The van der Waals surface area contributed by atoms with Crippen LogP contribution in [0.2, 0.25) is 0 Å². The molecular weight excluding hydrogens is 242 g/mol. The van der Waals surface area contributed by atoms with Gasteiger partial charge < -0.3 is 10.5 Å². The van der Waals surface area contributed by atoms with Crippen LogP contribution in [0.4, 0.5) is 10.5 Å². The second kappa shape index (κ2) is 8.13. The predicted molar refractivity (Wildman–Crippen MR) is 76.6 cm³/mol. The Bertz CT molecular complexity index is 415. The SMILES string of the molecule is CCCCCCOC(=O)Nc1ccc(C(=N)N)cc1. The number of rotatable bonds is 7. The minimum atomic E-state index is -0.452. The Morgan fingerprint density at radius 2 is 1.95 bits per heavy atom. The van der Waals surface area contributed by atoms with Crippen LogP contribution in [-0.4, -0.2) is 18.5 Å². The Kier molecular flexibility index (Phi) is 6.43. The molecule has 5 nitrogen and oxygen atoms in total. The summed E-state index contributed by atoms with van der Waals surface area (Å²) in [5.74, 6) is 0.00468. The van der Waals surface area contributed by atoms with E-state index in [1.54, 1.807) is 24.3 Å². The highest BCUT2D eigenvalue weighted by Crippen LogP contribution is 2.09. The maximum Gasteiger partial charge on any atom is 0.411 e. The number of hydrogen-bond donors (Lipinski definition) is 3. The monoisotopic (exact) mass is 263 g/mol. The number of anilines is 1. The van der Waals surface area contributed by atoms with Gasteiger partial charge in [-0.05, 0) is 30.7 Å². The summed E-state index contributed by atoms with van der Waals surface area (Å²) in [7, 11) is 0. The van der Waals surface area contributed by atoms with Gasteiger partial charge >= 0.3 is 6.09 Å². The molecule has 0 heterocycles. The average Bonchev–Trinajstić information content (AvgIpc) is 2.39. The van der Waals surface area contributed by atoms with Gasteiger partial charge in [-0.25, -0.2) is 4.79 Å². The number of nitrogen functional groups attached to an aromatic ring is 1. The van der Waals surface area contributed by atoms with E-state index in [4.69, 9.17) is 15.9 Å². The molecule has 0 bridgehead atoms. The van der Waals surface area contributed by atoms with Crippen molar-refractivity contribution in [3.05, 3.63) is 29.8 Å². The number of ether oxygens (including phenoxy) is 1. The number of amidine groups is 1. The van der Waals surface area contributed by atoms with E-state index in [9.17, 15) is 4.79 Å². The molecule has 0 unspecified atom stereocenters. The van der Waals surface area contributed by atoms with Crippen LogP contribution in [0.25, 0.3) is 0 Å². The second-order valence-electron chi connectivity index (χ2n) is 4.31. The van der Waals surface area contributed by atoms with Gasteiger partial charge in [0.1, 0.15) is 5.84 Å². The first kappa shape index (κ1) is 15.0. The molecule has 0 aliphatic carbocycles. The van der Waals surface area contributed by atoms with Crippen molar-refractivity contribution in [2.75, 3.05) is 11.9 Å². The Labute approximate surface area is 113 Å². The van der Waals surface area contributed by atoms with Gasteiger partial charge in [0.25, 0.3) is 0 Å². The van der Waals surface area contributed by atoms with E-state index in [1.807, 2.05) is 0 Å². The summed E-state index contributed by atoms with van der Waals surface area (Å²) in [6, 6.07) is 6.74. The molecule has 0 spiro atoms. The van der Waals surface area contributed by atoms with Crippen LogP contribution < -0.4 is 11.1 Å². The lowest BCUT2D eigenvalue weighted by molar-refractivity contribution is 0.159. The lowest BCUT2D eigenvalue weighted by Gasteiger charge is -2.07. The largest absolute Gasteiger partial charge is 0.449 e. The highest BCUT2D eigenvalue weighted by Gasteiger charge is 2.03. The highest BCUT2D eigenvalue weighted by molar-refractivity contribution is 5.95. The van der Waals surface area contributed by atoms with E-state index >= 15 is 0 Å². The Hall–Kier alpha value is -2.04. The third kappa shape index (κ3) is 5.90. The van der Waals surface area contributed by atoms with E-state index in [1.165, 1.54) is 0 Å². The zero-order valence-electron chi connectivity index (χ0n) is 11.2. The van der Waals surface area contributed by atoms with Crippen molar-refractivity contribution < 1.29 is 9.53 Å². The topological polar surface area (TPSA) is 88.2 Å². The van der Waals surface area contributed by atoms with Gasteiger partial charge in [-0.1, -0.05) is 26.2 Å². The van der Waals surface area contributed by atoms with E-state index in [2.05, 4.69) is 12.2 Å². The molecule has 5 heteroatoms. The standard InChI is InChI=1S/C14H21N3O2/c1-2-3-4-5-10-19-14(18)17-12-8-6-11(7-9-12)13(15)16/h6-9H,2-5,10H2,1H3,(H3,15,16)(H,17,18). The van der Waals surface area contributed by atoms with Crippen LogP contribution >= 0.6 is 0 Å². The number of hydrogen-bond acceptors (Lipinski definition) is 3. The van der Waals surface area contributed by atoms with Crippen molar-refractivity contribution in [1.29, 1.82) is 5.41 Å². The third-order valence-electron chi connectivity index (χ3n) is 2.67. The van der Waals surface area contributed by atoms with E-state index in [0.717, 1.165) is 25.7 Å². The van der Waals surface area contributed by atoms with Gasteiger partial charge in [0, 0.05) is 11.3 Å². The Morgan fingerprint density at radius 3 is 2.53 bits per heavy atom. The summed E-state index contributed by atoms with van der Waals surface area (Å²) in [5.41, 5.74) is 6.59. The first-order valence-corrected chi connectivity index (χ1v) is 6.51. The molecule has 0 saturated carbocycles. The Balaban J connectivity index is 2.30.